The SMILES string of the molecule is c1cnc2ccc(-c3nccc(CNC4CC4)n3)cc2c1. The zero-order valence-corrected chi connectivity index (χ0v) is 11.7. The van der Waals surface area contributed by atoms with Crippen LogP contribution >= 0.6 is 0 Å². The first-order chi connectivity index (χ1) is 10.4. The van der Waals surface area contributed by atoms with Crippen LogP contribution in [0.15, 0.2) is 48.8 Å². The van der Waals surface area contributed by atoms with Crippen LogP contribution in [-0.2, 0) is 6.54 Å². The van der Waals surface area contributed by atoms with E-state index in [0.717, 1.165) is 34.5 Å². The minimum atomic E-state index is 0.690. The van der Waals surface area contributed by atoms with Gasteiger partial charge in [-0.05, 0) is 43.2 Å². The summed E-state index contributed by atoms with van der Waals surface area (Å²) in [7, 11) is 0. The summed E-state index contributed by atoms with van der Waals surface area (Å²) in [5, 5.41) is 4.59. The lowest BCUT2D eigenvalue weighted by molar-refractivity contribution is 0.673. The molecule has 0 spiro atoms. The van der Waals surface area contributed by atoms with Gasteiger partial charge in [-0.15, -0.1) is 0 Å². The second-order valence-corrected chi connectivity index (χ2v) is 5.44. The molecule has 21 heavy (non-hydrogen) atoms. The van der Waals surface area contributed by atoms with E-state index in [0.29, 0.717) is 6.04 Å². The van der Waals surface area contributed by atoms with E-state index in [9.17, 15) is 0 Å². The Hall–Kier alpha value is -2.33. The highest BCUT2D eigenvalue weighted by molar-refractivity contribution is 5.82. The molecule has 0 aliphatic heterocycles. The van der Waals surface area contributed by atoms with Gasteiger partial charge in [0, 0.05) is 35.9 Å². The number of hydrogen-bond acceptors (Lipinski definition) is 4. The van der Waals surface area contributed by atoms with Gasteiger partial charge in [0.1, 0.15) is 0 Å². The van der Waals surface area contributed by atoms with Crippen molar-refractivity contribution in [3.05, 3.63) is 54.5 Å². The Morgan fingerprint density at radius 1 is 1.05 bits per heavy atom. The van der Waals surface area contributed by atoms with Crippen LogP contribution in [-0.4, -0.2) is 21.0 Å². The Morgan fingerprint density at radius 2 is 2.00 bits per heavy atom. The number of aromatic nitrogens is 3. The summed E-state index contributed by atoms with van der Waals surface area (Å²) >= 11 is 0. The fraction of sp³-hybridized carbons (Fsp3) is 0.235. The highest BCUT2D eigenvalue weighted by atomic mass is 15.0. The fourth-order valence-electron chi connectivity index (χ4n) is 2.38. The number of fused-ring (bicyclic) bond motifs is 1. The molecule has 1 saturated carbocycles. The normalized spacial score (nSPS) is 14.5. The van der Waals surface area contributed by atoms with Crippen LogP contribution in [0.1, 0.15) is 18.5 Å². The average molecular weight is 276 g/mol. The van der Waals surface area contributed by atoms with E-state index in [4.69, 9.17) is 0 Å². The van der Waals surface area contributed by atoms with Gasteiger partial charge in [-0.3, -0.25) is 4.98 Å². The van der Waals surface area contributed by atoms with Crippen LogP contribution in [0.2, 0.25) is 0 Å². The molecule has 2 aromatic heterocycles. The van der Waals surface area contributed by atoms with Crippen molar-refractivity contribution in [3.8, 4) is 11.4 Å². The van der Waals surface area contributed by atoms with Crippen LogP contribution in [0, 0.1) is 0 Å². The van der Waals surface area contributed by atoms with Gasteiger partial charge in [0.25, 0.3) is 0 Å². The number of hydrogen-bond donors (Lipinski definition) is 1. The van der Waals surface area contributed by atoms with Gasteiger partial charge in [0.15, 0.2) is 5.82 Å². The van der Waals surface area contributed by atoms with Crippen LogP contribution in [0.3, 0.4) is 0 Å². The smallest absolute Gasteiger partial charge is 0.159 e. The zero-order chi connectivity index (χ0) is 14.1. The lowest BCUT2D eigenvalue weighted by Gasteiger charge is -2.06. The summed E-state index contributed by atoms with van der Waals surface area (Å²) in [4.78, 5) is 13.4. The van der Waals surface area contributed by atoms with Crippen LogP contribution < -0.4 is 5.32 Å². The molecule has 2 heterocycles. The van der Waals surface area contributed by atoms with E-state index in [-0.39, 0.29) is 0 Å². The van der Waals surface area contributed by atoms with Crippen molar-refractivity contribution in [1.29, 1.82) is 0 Å². The van der Waals surface area contributed by atoms with Gasteiger partial charge in [-0.2, -0.15) is 0 Å². The van der Waals surface area contributed by atoms with Crippen molar-refractivity contribution in [2.45, 2.75) is 25.4 Å². The Kier molecular flexibility index (Phi) is 3.09. The van der Waals surface area contributed by atoms with Crippen molar-refractivity contribution in [2.75, 3.05) is 0 Å². The number of nitrogens with one attached hydrogen (secondary N) is 1. The standard InChI is InChI=1S/C17H16N4/c1-2-12-10-13(3-6-16(12)18-8-1)17-19-9-7-15(21-17)11-20-14-4-5-14/h1-3,6-10,14,20H,4-5,11H2. The Labute approximate surface area is 123 Å². The molecule has 0 atom stereocenters. The maximum absolute atomic E-state index is 4.66. The minimum absolute atomic E-state index is 0.690. The number of nitrogens with zero attached hydrogens (tertiary/aromatic N) is 3. The van der Waals surface area contributed by atoms with E-state index in [1.165, 1.54) is 12.8 Å². The highest BCUT2D eigenvalue weighted by Crippen LogP contribution is 2.21. The largest absolute Gasteiger partial charge is 0.308 e. The van der Waals surface area contributed by atoms with Crippen molar-refractivity contribution in [3.63, 3.8) is 0 Å². The monoisotopic (exact) mass is 276 g/mol. The van der Waals surface area contributed by atoms with Gasteiger partial charge < -0.3 is 5.32 Å². The summed E-state index contributed by atoms with van der Waals surface area (Å²) in [5.74, 6) is 0.774. The third-order valence-electron chi connectivity index (χ3n) is 3.72. The molecule has 4 rings (SSSR count). The van der Waals surface area contributed by atoms with Gasteiger partial charge >= 0.3 is 0 Å². The third-order valence-corrected chi connectivity index (χ3v) is 3.72. The maximum Gasteiger partial charge on any atom is 0.159 e. The molecule has 0 amide bonds. The molecule has 3 aromatic rings. The molecule has 1 aliphatic carbocycles. The summed E-state index contributed by atoms with van der Waals surface area (Å²) in [6, 6.07) is 12.8. The Morgan fingerprint density at radius 3 is 2.90 bits per heavy atom. The molecule has 0 saturated heterocycles. The second-order valence-electron chi connectivity index (χ2n) is 5.44. The minimum Gasteiger partial charge on any atom is -0.308 e. The number of rotatable bonds is 4. The molecular formula is C17H16N4. The molecule has 4 nitrogen and oxygen atoms in total. The summed E-state index contributed by atoms with van der Waals surface area (Å²) in [5.41, 5.74) is 3.06. The van der Waals surface area contributed by atoms with Gasteiger partial charge in [0.05, 0.1) is 11.2 Å². The highest BCUT2D eigenvalue weighted by Gasteiger charge is 2.20. The molecule has 1 fully saturated rings. The summed E-state index contributed by atoms with van der Waals surface area (Å²) in [6.07, 6.45) is 6.22. The molecule has 4 heteroatoms. The fourth-order valence-corrected chi connectivity index (χ4v) is 2.38. The molecule has 0 radical (unpaired) electrons. The second kappa shape index (κ2) is 5.22. The molecule has 1 N–H and O–H groups in total. The van der Waals surface area contributed by atoms with Gasteiger partial charge in [0.2, 0.25) is 0 Å². The first kappa shape index (κ1) is 12.4. The number of pyridine rings is 1. The predicted molar refractivity (Wildman–Crippen MR) is 82.6 cm³/mol. The van der Waals surface area contributed by atoms with E-state index in [1.807, 2.05) is 36.7 Å². The topological polar surface area (TPSA) is 50.7 Å². The van der Waals surface area contributed by atoms with Crippen LogP contribution in [0.25, 0.3) is 22.3 Å². The molecule has 0 unspecified atom stereocenters. The van der Waals surface area contributed by atoms with E-state index >= 15 is 0 Å². The van der Waals surface area contributed by atoms with Crippen molar-refractivity contribution < 1.29 is 0 Å². The molecule has 1 aromatic carbocycles. The average Bonchev–Trinajstić information content (AvgIpc) is 3.37. The molecule has 0 bridgehead atoms. The van der Waals surface area contributed by atoms with Crippen LogP contribution in [0.4, 0.5) is 0 Å². The summed E-state index contributed by atoms with van der Waals surface area (Å²) < 4.78 is 0. The lowest BCUT2D eigenvalue weighted by Crippen LogP contribution is -2.16. The van der Waals surface area contributed by atoms with Gasteiger partial charge in [-0.25, -0.2) is 9.97 Å². The Bertz CT molecular complexity index is 780. The van der Waals surface area contributed by atoms with Crippen molar-refractivity contribution >= 4 is 10.9 Å². The quantitative estimate of drug-likeness (QED) is 0.796. The third kappa shape index (κ3) is 2.76. The van der Waals surface area contributed by atoms with E-state index in [1.54, 1.807) is 0 Å². The van der Waals surface area contributed by atoms with E-state index < -0.39 is 0 Å². The summed E-state index contributed by atoms with van der Waals surface area (Å²) in [6.45, 7) is 0.815. The Balaban J connectivity index is 1.65. The predicted octanol–water partition coefficient (Wildman–Crippen LogP) is 2.94. The van der Waals surface area contributed by atoms with Crippen molar-refractivity contribution in [2.24, 2.45) is 0 Å². The van der Waals surface area contributed by atoms with E-state index in [2.05, 4.69) is 32.4 Å². The lowest BCUT2D eigenvalue weighted by atomic mass is 10.1. The zero-order valence-electron chi connectivity index (χ0n) is 11.7. The van der Waals surface area contributed by atoms with Gasteiger partial charge in [-0.1, -0.05) is 6.07 Å². The maximum atomic E-state index is 4.66. The van der Waals surface area contributed by atoms with Crippen LogP contribution in [0.5, 0.6) is 0 Å². The first-order valence-corrected chi connectivity index (χ1v) is 7.29. The molecule has 104 valence electrons. The number of benzene rings is 1. The van der Waals surface area contributed by atoms with Crippen molar-refractivity contribution in [1.82, 2.24) is 20.3 Å². The first-order valence-electron chi connectivity index (χ1n) is 7.29. The molecular weight excluding hydrogens is 260 g/mol. The molecule has 1 aliphatic rings.